The largest absolute Gasteiger partial charge is 0.444 e. The fourth-order valence-corrected chi connectivity index (χ4v) is 2.43. The molecule has 0 spiro atoms. The van der Waals surface area contributed by atoms with E-state index in [9.17, 15) is 9.90 Å². The first-order valence-corrected chi connectivity index (χ1v) is 6.71. The lowest BCUT2D eigenvalue weighted by Crippen LogP contribution is -2.49. The zero-order chi connectivity index (χ0) is 13.8. The molecule has 1 fully saturated rings. The second-order valence-electron chi connectivity index (χ2n) is 6.00. The van der Waals surface area contributed by atoms with E-state index in [0.29, 0.717) is 0 Å². The molecule has 0 aliphatic heterocycles. The van der Waals surface area contributed by atoms with E-state index in [1.165, 1.54) is 0 Å². The minimum Gasteiger partial charge on any atom is -0.444 e. The Morgan fingerprint density at radius 2 is 2.06 bits per heavy atom. The molecule has 1 amide bonds. The summed E-state index contributed by atoms with van der Waals surface area (Å²) in [7, 11) is 0. The van der Waals surface area contributed by atoms with Crippen LogP contribution in [0.2, 0.25) is 0 Å². The van der Waals surface area contributed by atoms with Crippen LogP contribution >= 0.6 is 0 Å². The Hall–Kier alpha value is -0.810. The number of rotatable bonds is 3. The molecule has 3 atom stereocenters. The lowest BCUT2D eigenvalue weighted by Gasteiger charge is -2.35. The molecule has 18 heavy (non-hydrogen) atoms. The van der Waals surface area contributed by atoms with E-state index >= 15 is 0 Å². The molecule has 4 N–H and O–H groups in total. The average Bonchev–Trinajstić information content (AvgIpc) is 2.26. The summed E-state index contributed by atoms with van der Waals surface area (Å²) in [6, 6.07) is -0.0350. The molecule has 0 heterocycles. The molecule has 1 saturated carbocycles. The fraction of sp³-hybridized carbons (Fsp3) is 0.923. The summed E-state index contributed by atoms with van der Waals surface area (Å²) >= 11 is 0. The highest BCUT2D eigenvalue weighted by atomic mass is 16.6. The predicted octanol–water partition coefficient (Wildman–Crippen LogP) is 1.39. The number of aliphatic hydroxyl groups excluding tert-OH is 1. The molecule has 1 aliphatic carbocycles. The number of hydrogen-bond acceptors (Lipinski definition) is 4. The third-order valence-electron chi connectivity index (χ3n) is 3.26. The average molecular weight is 258 g/mol. The quantitative estimate of drug-likeness (QED) is 0.714. The van der Waals surface area contributed by atoms with Gasteiger partial charge in [-0.2, -0.15) is 0 Å². The summed E-state index contributed by atoms with van der Waals surface area (Å²) < 4.78 is 5.24. The number of hydrogen-bond donors (Lipinski definition) is 3. The minimum absolute atomic E-state index is 0.0350. The molecule has 0 radical (unpaired) electrons. The van der Waals surface area contributed by atoms with Gasteiger partial charge in [0.25, 0.3) is 0 Å². The van der Waals surface area contributed by atoms with Gasteiger partial charge in [-0.05, 0) is 33.6 Å². The van der Waals surface area contributed by atoms with Crippen molar-refractivity contribution in [2.45, 2.75) is 64.2 Å². The summed E-state index contributed by atoms with van der Waals surface area (Å²) in [5.74, 6) is 0.0382. The van der Waals surface area contributed by atoms with Crippen LogP contribution in [0.1, 0.15) is 46.5 Å². The van der Waals surface area contributed by atoms with E-state index in [1.54, 1.807) is 0 Å². The highest BCUT2D eigenvalue weighted by Gasteiger charge is 2.32. The van der Waals surface area contributed by atoms with E-state index in [4.69, 9.17) is 10.5 Å². The minimum atomic E-state index is -0.551. The number of nitrogens with two attached hydrogens (primary N) is 1. The van der Waals surface area contributed by atoms with Gasteiger partial charge in [-0.15, -0.1) is 0 Å². The van der Waals surface area contributed by atoms with E-state index in [0.717, 1.165) is 25.7 Å². The van der Waals surface area contributed by atoms with Crippen LogP contribution in [0.15, 0.2) is 0 Å². The van der Waals surface area contributed by atoms with Gasteiger partial charge >= 0.3 is 6.09 Å². The van der Waals surface area contributed by atoms with Gasteiger partial charge in [0.15, 0.2) is 0 Å². The van der Waals surface area contributed by atoms with Gasteiger partial charge in [-0.3, -0.25) is 0 Å². The maximum atomic E-state index is 11.7. The van der Waals surface area contributed by atoms with Crippen molar-refractivity contribution in [2.24, 2.45) is 11.7 Å². The second kappa shape index (κ2) is 6.38. The Kier molecular flexibility index (Phi) is 5.41. The number of carbonyl (C=O) groups excluding carboxylic acids is 1. The van der Waals surface area contributed by atoms with E-state index in [1.807, 2.05) is 20.8 Å². The topological polar surface area (TPSA) is 84.6 Å². The number of aliphatic hydroxyl groups is 1. The monoisotopic (exact) mass is 258 g/mol. The van der Waals surface area contributed by atoms with Gasteiger partial charge in [0.05, 0.1) is 6.10 Å². The van der Waals surface area contributed by atoms with Crippen LogP contribution in [-0.4, -0.2) is 35.5 Å². The SMILES string of the molecule is CC(C)(C)OC(=O)NC1CCCCC1C(O)CN. The number of carbonyl (C=O) groups is 1. The van der Waals surface area contributed by atoms with Crippen molar-refractivity contribution in [2.75, 3.05) is 6.54 Å². The first-order valence-electron chi connectivity index (χ1n) is 6.71. The predicted molar refractivity (Wildman–Crippen MR) is 70.2 cm³/mol. The fourth-order valence-electron chi connectivity index (χ4n) is 2.43. The highest BCUT2D eigenvalue weighted by molar-refractivity contribution is 5.68. The van der Waals surface area contributed by atoms with Crippen molar-refractivity contribution in [3.8, 4) is 0 Å². The molecule has 0 aromatic carbocycles. The van der Waals surface area contributed by atoms with Crippen LogP contribution in [0.4, 0.5) is 4.79 Å². The first kappa shape index (κ1) is 15.2. The van der Waals surface area contributed by atoms with Crippen LogP contribution in [-0.2, 0) is 4.74 Å². The van der Waals surface area contributed by atoms with Crippen molar-refractivity contribution in [1.82, 2.24) is 5.32 Å². The maximum absolute atomic E-state index is 11.7. The maximum Gasteiger partial charge on any atom is 0.407 e. The van der Waals surface area contributed by atoms with Gasteiger partial charge < -0.3 is 20.9 Å². The van der Waals surface area contributed by atoms with Crippen LogP contribution in [0, 0.1) is 5.92 Å². The third kappa shape index (κ3) is 4.82. The molecule has 0 aromatic heterocycles. The highest BCUT2D eigenvalue weighted by Crippen LogP contribution is 2.27. The van der Waals surface area contributed by atoms with Crippen LogP contribution in [0.25, 0.3) is 0 Å². The molecule has 3 unspecified atom stereocenters. The zero-order valence-corrected chi connectivity index (χ0v) is 11.6. The molecule has 0 saturated heterocycles. The van der Waals surface area contributed by atoms with E-state index in [2.05, 4.69) is 5.32 Å². The Morgan fingerprint density at radius 1 is 1.44 bits per heavy atom. The van der Waals surface area contributed by atoms with Gasteiger partial charge in [0.2, 0.25) is 0 Å². The van der Waals surface area contributed by atoms with Crippen molar-refractivity contribution >= 4 is 6.09 Å². The van der Waals surface area contributed by atoms with Crippen LogP contribution in [0.5, 0.6) is 0 Å². The van der Waals surface area contributed by atoms with Crippen molar-refractivity contribution in [3.63, 3.8) is 0 Å². The van der Waals surface area contributed by atoms with Gasteiger partial charge in [-0.25, -0.2) is 4.79 Å². The summed E-state index contributed by atoms with van der Waals surface area (Å²) in [6.45, 7) is 5.73. The summed E-state index contributed by atoms with van der Waals surface area (Å²) in [5, 5.41) is 12.7. The number of ether oxygens (including phenoxy) is 1. The van der Waals surface area contributed by atoms with Crippen LogP contribution in [0.3, 0.4) is 0 Å². The normalized spacial score (nSPS) is 26.5. The Balaban J connectivity index is 2.54. The Morgan fingerprint density at radius 3 is 2.61 bits per heavy atom. The molecule has 0 bridgehead atoms. The van der Waals surface area contributed by atoms with E-state index < -0.39 is 17.8 Å². The second-order valence-corrected chi connectivity index (χ2v) is 6.00. The van der Waals surface area contributed by atoms with Gasteiger partial charge in [0.1, 0.15) is 5.60 Å². The molecule has 5 nitrogen and oxygen atoms in total. The molecule has 1 aliphatic rings. The van der Waals surface area contributed by atoms with Gasteiger partial charge in [-0.1, -0.05) is 12.8 Å². The number of nitrogens with one attached hydrogen (secondary N) is 1. The molecular weight excluding hydrogens is 232 g/mol. The first-order chi connectivity index (χ1) is 8.33. The van der Waals surface area contributed by atoms with E-state index in [-0.39, 0.29) is 18.5 Å². The lowest BCUT2D eigenvalue weighted by atomic mass is 9.81. The number of alkyl carbamates (subject to hydrolysis) is 1. The summed E-state index contributed by atoms with van der Waals surface area (Å²) in [6.07, 6.45) is 2.95. The Bertz CT molecular complexity index is 276. The molecule has 106 valence electrons. The number of amides is 1. The summed E-state index contributed by atoms with van der Waals surface area (Å²) in [4.78, 5) is 11.7. The molecule has 5 heteroatoms. The third-order valence-corrected chi connectivity index (χ3v) is 3.26. The molecule has 0 aromatic rings. The summed E-state index contributed by atoms with van der Waals surface area (Å²) in [5.41, 5.74) is 5.00. The van der Waals surface area contributed by atoms with Gasteiger partial charge in [0, 0.05) is 18.5 Å². The van der Waals surface area contributed by atoms with Crippen molar-refractivity contribution in [1.29, 1.82) is 0 Å². The standard InChI is InChI=1S/C13H26N2O3/c1-13(2,3)18-12(17)15-10-7-5-4-6-9(10)11(16)8-14/h9-11,16H,4-8,14H2,1-3H3,(H,15,17). The molecule has 1 rings (SSSR count). The van der Waals surface area contributed by atoms with Crippen molar-refractivity contribution < 1.29 is 14.6 Å². The smallest absolute Gasteiger partial charge is 0.407 e. The Labute approximate surface area is 109 Å². The van der Waals surface area contributed by atoms with Crippen molar-refractivity contribution in [3.05, 3.63) is 0 Å². The zero-order valence-electron chi connectivity index (χ0n) is 11.6. The lowest BCUT2D eigenvalue weighted by molar-refractivity contribution is 0.0349. The molecular formula is C13H26N2O3. The van der Waals surface area contributed by atoms with Crippen LogP contribution < -0.4 is 11.1 Å².